The molecule has 4 rings (SSSR count). The molecule has 8 heteroatoms. The van der Waals surface area contributed by atoms with Crippen LogP contribution in [0.15, 0.2) is 56.6 Å². The summed E-state index contributed by atoms with van der Waals surface area (Å²) in [6.07, 6.45) is 0.570. The highest BCUT2D eigenvalue weighted by molar-refractivity contribution is 7.99. The van der Waals surface area contributed by atoms with Gasteiger partial charge in [0.25, 0.3) is 5.22 Å². The minimum atomic E-state index is -0.00243. The van der Waals surface area contributed by atoms with Crippen molar-refractivity contribution in [1.82, 2.24) is 19.9 Å². The number of aryl methyl sites for hydroxylation is 2. The molecule has 0 atom stereocenters. The molecule has 0 saturated carbocycles. The summed E-state index contributed by atoms with van der Waals surface area (Å²) in [5, 5.41) is 12.6. The average Bonchev–Trinajstić information content (AvgIpc) is 3.40. The van der Waals surface area contributed by atoms with E-state index < -0.39 is 0 Å². The van der Waals surface area contributed by atoms with Crippen molar-refractivity contribution < 1.29 is 13.7 Å². The van der Waals surface area contributed by atoms with Crippen LogP contribution in [0.3, 0.4) is 0 Å². The molecule has 0 radical (unpaired) electrons. The molecule has 0 saturated heterocycles. The molecule has 3 heterocycles. The molecule has 29 heavy (non-hydrogen) atoms. The lowest BCUT2D eigenvalue weighted by Gasteiger charge is -2.04. The van der Waals surface area contributed by atoms with Gasteiger partial charge in [-0.15, -0.1) is 10.2 Å². The van der Waals surface area contributed by atoms with Crippen molar-refractivity contribution >= 4 is 17.5 Å². The third kappa shape index (κ3) is 4.17. The predicted molar refractivity (Wildman–Crippen MR) is 109 cm³/mol. The maximum Gasteiger partial charge on any atom is 0.277 e. The van der Waals surface area contributed by atoms with Gasteiger partial charge in [0.15, 0.2) is 11.6 Å². The number of benzene rings is 1. The molecule has 7 nitrogen and oxygen atoms in total. The third-order valence-corrected chi connectivity index (χ3v) is 5.37. The molecule has 0 bridgehead atoms. The molecular weight excluding hydrogens is 388 g/mol. The summed E-state index contributed by atoms with van der Waals surface area (Å²) in [7, 11) is 0. The lowest BCUT2D eigenvalue weighted by atomic mass is 10.2. The first kappa shape index (κ1) is 19.2. The molecule has 0 aliphatic rings. The topological polar surface area (TPSA) is 87.0 Å². The molecule has 0 fully saturated rings. The number of thioether (sulfide) groups is 1. The van der Waals surface area contributed by atoms with Gasteiger partial charge in [0.1, 0.15) is 5.76 Å². The lowest BCUT2D eigenvalue weighted by Crippen LogP contribution is -2.05. The van der Waals surface area contributed by atoms with Crippen LogP contribution in [0, 0.1) is 20.8 Å². The second-order valence-electron chi connectivity index (χ2n) is 6.75. The Bertz CT molecular complexity index is 1140. The second-order valence-corrected chi connectivity index (χ2v) is 7.68. The Balaban J connectivity index is 1.43. The van der Waals surface area contributed by atoms with Crippen molar-refractivity contribution in [3.05, 3.63) is 76.6 Å². The van der Waals surface area contributed by atoms with Crippen molar-refractivity contribution in [3.63, 3.8) is 0 Å². The Morgan fingerprint density at radius 2 is 1.90 bits per heavy atom. The van der Waals surface area contributed by atoms with Gasteiger partial charge in [0.05, 0.1) is 12.2 Å². The van der Waals surface area contributed by atoms with Crippen molar-refractivity contribution in [1.29, 1.82) is 0 Å². The van der Waals surface area contributed by atoms with Crippen molar-refractivity contribution in [2.24, 2.45) is 0 Å². The number of carbonyl (C=O) groups excluding carboxylic acids is 1. The molecule has 3 aromatic heterocycles. The van der Waals surface area contributed by atoms with E-state index in [9.17, 15) is 4.79 Å². The fourth-order valence-corrected chi connectivity index (χ4v) is 3.86. The standard InChI is InChI=1S/C21H20N4O3S/c1-13-9-17(15(3)25(13)19-10-14(2)28-24-19)18(26)12-29-21-23-22-20(27-21)11-16-7-5-4-6-8-16/h4-10H,11-12H2,1-3H3. The number of Topliss-reactive ketones (excluding diaryl/α,β-unsaturated/α-hetero) is 1. The molecule has 148 valence electrons. The van der Waals surface area contributed by atoms with Crippen LogP contribution in [0.1, 0.15) is 39.0 Å². The molecule has 0 N–H and O–H groups in total. The van der Waals surface area contributed by atoms with E-state index in [1.165, 1.54) is 11.8 Å². The SMILES string of the molecule is Cc1cc(-n2c(C)cc(C(=O)CSc3nnc(Cc4ccccc4)o3)c2C)no1. The number of hydrogen-bond donors (Lipinski definition) is 0. The fraction of sp³-hybridized carbons (Fsp3) is 0.238. The Morgan fingerprint density at radius 3 is 2.62 bits per heavy atom. The van der Waals surface area contributed by atoms with Gasteiger partial charge in [-0.2, -0.15) is 0 Å². The monoisotopic (exact) mass is 408 g/mol. The average molecular weight is 408 g/mol. The van der Waals surface area contributed by atoms with Gasteiger partial charge in [-0.25, -0.2) is 0 Å². The molecule has 0 aliphatic heterocycles. The molecule has 0 amide bonds. The van der Waals surface area contributed by atoms with E-state index in [-0.39, 0.29) is 11.5 Å². The highest BCUT2D eigenvalue weighted by Gasteiger charge is 2.19. The highest BCUT2D eigenvalue weighted by Crippen LogP contribution is 2.24. The van der Waals surface area contributed by atoms with Crippen LogP contribution in [0.5, 0.6) is 0 Å². The summed E-state index contributed by atoms with van der Waals surface area (Å²) >= 11 is 1.25. The second kappa shape index (κ2) is 8.08. The number of hydrogen-bond acceptors (Lipinski definition) is 7. The Kier molecular flexibility index (Phi) is 5.35. The van der Waals surface area contributed by atoms with Crippen LogP contribution in [0.4, 0.5) is 0 Å². The van der Waals surface area contributed by atoms with Gasteiger partial charge in [-0.1, -0.05) is 47.3 Å². The summed E-state index contributed by atoms with van der Waals surface area (Å²) in [5.74, 6) is 2.14. The van der Waals surface area contributed by atoms with Gasteiger partial charge < -0.3 is 8.94 Å². The van der Waals surface area contributed by atoms with Crippen LogP contribution in [0.25, 0.3) is 5.82 Å². The van der Waals surface area contributed by atoms with E-state index >= 15 is 0 Å². The van der Waals surface area contributed by atoms with Crippen molar-refractivity contribution in [2.45, 2.75) is 32.4 Å². The molecule has 0 spiro atoms. The Hall–Kier alpha value is -3.13. The van der Waals surface area contributed by atoms with E-state index in [0.717, 1.165) is 22.7 Å². The van der Waals surface area contributed by atoms with Gasteiger partial charge in [0.2, 0.25) is 5.89 Å². The maximum absolute atomic E-state index is 12.8. The Labute approximate surface area is 172 Å². The normalized spacial score (nSPS) is 11.1. The number of aromatic nitrogens is 4. The minimum absolute atomic E-state index is 0.00243. The van der Waals surface area contributed by atoms with Crippen LogP contribution in [-0.2, 0) is 6.42 Å². The largest absolute Gasteiger partial charge is 0.416 e. The molecule has 0 aliphatic carbocycles. The van der Waals surface area contributed by atoms with E-state index in [1.807, 2.05) is 67.8 Å². The van der Waals surface area contributed by atoms with Gasteiger partial charge in [-0.05, 0) is 32.4 Å². The summed E-state index contributed by atoms with van der Waals surface area (Å²) in [6.45, 7) is 5.68. The van der Waals surface area contributed by atoms with Crippen LogP contribution >= 0.6 is 11.8 Å². The first-order valence-corrected chi connectivity index (χ1v) is 10.1. The zero-order valence-corrected chi connectivity index (χ0v) is 17.2. The van der Waals surface area contributed by atoms with E-state index in [2.05, 4.69) is 15.4 Å². The number of ketones is 1. The molecule has 0 unspecified atom stereocenters. The summed E-state index contributed by atoms with van der Waals surface area (Å²) in [5.41, 5.74) is 3.50. The summed E-state index contributed by atoms with van der Waals surface area (Å²) < 4.78 is 12.7. The van der Waals surface area contributed by atoms with E-state index in [4.69, 9.17) is 8.94 Å². The van der Waals surface area contributed by atoms with Gasteiger partial charge in [-0.3, -0.25) is 9.36 Å². The summed E-state index contributed by atoms with van der Waals surface area (Å²) in [6, 6.07) is 13.6. The van der Waals surface area contributed by atoms with Crippen LogP contribution in [-0.4, -0.2) is 31.5 Å². The quantitative estimate of drug-likeness (QED) is 0.332. The van der Waals surface area contributed by atoms with Crippen molar-refractivity contribution in [2.75, 3.05) is 5.75 Å². The first-order valence-electron chi connectivity index (χ1n) is 9.16. The maximum atomic E-state index is 12.8. The minimum Gasteiger partial charge on any atom is -0.416 e. The number of carbonyl (C=O) groups is 1. The van der Waals surface area contributed by atoms with Crippen molar-refractivity contribution in [3.8, 4) is 5.82 Å². The highest BCUT2D eigenvalue weighted by atomic mass is 32.2. The smallest absolute Gasteiger partial charge is 0.277 e. The third-order valence-electron chi connectivity index (χ3n) is 4.55. The zero-order valence-electron chi connectivity index (χ0n) is 16.4. The van der Waals surface area contributed by atoms with E-state index in [0.29, 0.717) is 28.9 Å². The first-order chi connectivity index (χ1) is 14.0. The van der Waals surface area contributed by atoms with Gasteiger partial charge >= 0.3 is 0 Å². The fourth-order valence-electron chi connectivity index (χ4n) is 3.20. The predicted octanol–water partition coefficient (Wildman–Crippen LogP) is 4.34. The number of rotatable bonds is 7. The number of nitrogens with zero attached hydrogens (tertiary/aromatic N) is 4. The Morgan fingerprint density at radius 1 is 1.10 bits per heavy atom. The van der Waals surface area contributed by atoms with E-state index in [1.54, 1.807) is 0 Å². The van der Waals surface area contributed by atoms with Crippen LogP contribution < -0.4 is 0 Å². The molecule has 4 aromatic rings. The molecular formula is C21H20N4O3S. The zero-order chi connectivity index (χ0) is 20.4. The van der Waals surface area contributed by atoms with Crippen LogP contribution in [0.2, 0.25) is 0 Å². The lowest BCUT2D eigenvalue weighted by molar-refractivity contribution is 0.102. The van der Waals surface area contributed by atoms with Gasteiger partial charge in [0, 0.05) is 23.0 Å². The summed E-state index contributed by atoms with van der Waals surface area (Å²) in [4.78, 5) is 12.8. The molecule has 1 aromatic carbocycles.